The Morgan fingerprint density at radius 2 is 1.00 bits per heavy atom. The van der Waals surface area contributed by atoms with Gasteiger partial charge in [0.1, 0.15) is 11.4 Å². The van der Waals surface area contributed by atoms with Crippen LogP contribution in [0.15, 0.2) is 156 Å². The van der Waals surface area contributed by atoms with E-state index in [1.807, 2.05) is 18.3 Å². The van der Waals surface area contributed by atoms with Gasteiger partial charge < -0.3 is 8.98 Å². The third kappa shape index (κ3) is 3.40. The maximum absolute atomic E-state index is 5.68. The molecule has 0 saturated carbocycles. The summed E-state index contributed by atoms with van der Waals surface area (Å²) >= 11 is 0. The van der Waals surface area contributed by atoms with E-state index in [1.165, 1.54) is 21.5 Å². The predicted molar refractivity (Wildman–Crippen MR) is 195 cm³/mol. The molecule has 6 aromatic carbocycles. The molecule has 0 radical (unpaired) electrons. The van der Waals surface area contributed by atoms with Crippen LogP contribution in [0.3, 0.4) is 0 Å². The Morgan fingerprint density at radius 1 is 0.438 bits per heavy atom. The molecule has 0 aliphatic rings. The molecule has 48 heavy (non-hydrogen) atoms. The van der Waals surface area contributed by atoms with E-state index in [4.69, 9.17) is 14.4 Å². The molecule has 6 nitrogen and oxygen atoms in total. The molecule has 0 amide bonds. The monoisotopic (exact) mass is 615 g/mol. The van der Waals surface area contributed by atoms with Gasteiger partial charge in [-0.15, -0.1) is 0 Å². The van der Waals surface area contributed by atoms with Crippen molar-refractivity contribution in [1.82, 2.24) is 23.7 Å². The van der Waals surface area contributed by atoms with E-state index in [1.54, 1.807) is 6.26 Å². The highest BCUT2D eigenvalue weighted by Crippen LogP contribution is 2.40. The summed E-state index contributed by atoms with van der Waals surface area (Å²) in [6.07, 6.45) is 3.62. The topological polar surface area (TPSA) is 53.7 Å². The third-order valence-corrected chi connectivity index (χ3v) is 9.80. The van der Waals surface area contributed by atoms with Crippen LogP contribution >= 0.6 is 0 Å². The lowest BCUT2D eigenvalue weighted by atomic mass is 10.1. The summed E-state index contributed by atoms with van der Waals surface area (Å²) < 4.78 is 12.5. The number of hydrogen-bond acceptors (Lipinski definition) is 3. The highest BCUT2D eigenvalue weighted by atomic mass is 16.3. The van der Waals surface area contributed by atoms with Crippen LogP contribution in [-0.2, 0) is 0 Å². The number of fused-ring (bicyclic) bond motifs is 10. The molecule has 224 valence electrons. The summed E-state index contributed by atoms with van der Waals surface area (Å²) in [4.78, 5) is 10.2. The fraction of sp³-hybridized carbons (Fsp3) is 0. The minimum atomic E-state index is 0.627. The van der Waals surface area contributed by atoms with Crippen LogP contribution in [0.5, 0.6) is 0 Å². The van der Waals surface area contributed by atoms with E-state index >= 15 is 0 Å². The maximum Gasteiger partial charge on any atom is 0.236 e. The van der Waals surface area contributed by atoms with Crippen LogP contribution in [-0.4, -0.2) is 23.7 Å². The third-order valence-electron chi connectivity index (χ3n) is 9.80. The van der Waals surface area contributed by atoms with Gasteiger partial charge in [-0.2, -0.15) is 4.98 Å². The molecule has 0 fully saturated rings. The average Bonchev–Trinajstić information content (AvgIpc) is 3.90. The molecule has 6 heteroatoms. The number of para-hydroxylation sites is 4. The van der Waals surface area contributed by atoms with Gasteiger partial charge in [-0.05, 0) is 66.7 Å². The first kappa shape index (κ1) is 25.5. The van der Waals surface area contributed by atoms with Crippen LogP contribution in [0.2, 0.25) is 0 Å². The lowest BCUT2D eigenvalue weighted by Gasteiger charge is -2.11. The average molecular weight is 616 g/mol. The Bertz CT molecular complexity index is 3030. The SMILES string of the molecule is c1ccc2c(c1)c1cc3c4ccccc4n(-c4nccc(-n5c6ccccc6c6ccccc65)n4)c3cc1n2-c1ccc2occc2c1. The van der Waals surface area contributed by atoms with Gasteiger partial charge in [0.2, 0.25) is 5.95 Å². The van der Waals surface area contributed by atoms with E-state index in [0.717, 1.165) is 66.3 Å². The molecule has 5 aromatic heterocycles. The molecule has 5 heterocycles. The molecule has 0 aliphatic carbocycles. The zero-order valence-corrected chi connectivity index (χ0v) is 25.6. The van der Waals surface area contributed by atoms with E-state index in [2.05, 4.69) is 141 Å². The van der Waals surface area contributed by atoms with Crippen molar-refractivity contribution in [3.8, 4) is 17.5 Å². The summed E-state index contributed by atoms with van der Waals surface area (Å²) in [5, 5.41) is 8.22. The molecular formula is C42H25N5O. The second-order valence-electron chi connectivity index (χ2n) is 12.3. The van der Waals surface area contributed by atoms with E-state index in [0.29, 0.717) is 5.95 Å². The Morgan fingerprint density at radius 3 is 1.67 bits per heavy atom. The van der Waals surface area contributed by atoms with Gasteiger partial charge in [-0.3, -0.25) is 9.13 Å². The number of rotatable bonds is 3. The molecule has 11 aromatic rings. The van der Waals surface area contributed by atoms with Crippen molar-refractivity contribution >= 4 is 76.4 Å². The quantitative estimate of drug-likeness (QED) is 0.199. The van der Waals surface area contributed by atoms with Crippen molar-refractivity contribution in [2.24, 2.45) is 0 Å². The van der Waals surface area contributed by atoms with Crippen molar-refractivity contribution in [2.45, 2.75) is 0 Å². The van der Waals surface area contributed by atoms with Crippen molar-refractivity contribution in [1.29, 1.82) is 0 Å². The molecule has 0 saturated heterocycles. The first-order chi connectivity index (χ1) is 23.8. The van der Waals surface area contributed by atoms with Gasteiger partial charge in [0.25, 0.3) is 0 Å². The van der Waals surface area contributed by atoms with Gasteiger partial charge in [-0.1, -0.05) is 72.8 Å². The van der Waals surface area contributed by atoms with Gasteiger partial charge in [0, 0.05) is 49.6 Å². The highest BCUT2D eigenvalue weighted by Gasteiger charge is 2.20. The lowest BCUT2D eigenvalue weighted by Crippen LogP contribution is -2.05. The Balaban J connectivity index is 1.22. The largest absolute Gasteiger partial charge is 0.464 e. The van der Waals surface area contributed by atoms with Crippen LogP contribution < -0.4 is 0 Å². The zero-order valence-electron chi connectivity index (χ0n) is 25.6. The number of benzene rings is 6. The van der Waals surface area contributed by atoms with Gasteiger partial charge in [0.05, 0.1) is 39.4 Å². The summed E-state index contributed by atoms with van der Waals surface area (Å²) in [5.74, 6) is 1.45. The normalized spacial score (nSPS) is 12.2. The van der Waals surface area contributed by atoms with Gasteiger partial charge in [0.15, 0.2) is 0 Å². The van der Waals surface area contributed by atoms with Crippen molar-refractivity contribution < 1.29 is 4.42 Å². The smallest absolute Gasteiger partial charge is 0.236 e. The van der Waals surface area contributed by atoms with E-state index in [-0.39, 0.29) is 0 Å². The van der Waals surface area contributed by atoms with Crippen molar-refractivity contribution in [2.75, 3.05) is 0 Å². The molecule has 0 spiro atoms. The summed E-state index contributed by atoms with van der Waals surface area (Å²) in [7, 11) is 0. The van der Waals surface area contributed by atoms with Crippen LogP contribution in [0, 0.1) is 0 Å². The number of hydrogen-bond donors (Lipinski definition) is 0. The fourth-order valence-corrected chi connectivity index (χ4v) is 7.76. The molecule has 0 aliphatic heterocycles. The summed E-state index contributed by atoms with van der Waals surface area (Å²) in [5.41, 5.74) is 8.59. The lowest BCUT2D eigenvalue weighted by molar-refractivity contribution is 0.616. The summed E-state index contributed by atoms with van der Waals surface area (Å²) in [6, 6.07) is 49.3. The van der Waals surface area contributed by atoms with Gasteiger partial charge >= 0.3 is 0 Å². The molecule has 11 rings (SSSR count). The number of aromatic nitrogens is 5. The zero-order chi connectivity index (χ0) is 31.3. The standard InChI is InChI=1S/C42H25N5O/c1-6-14-35-28(9-1)29-10-2-7-15-36(29)46(35)41-19-21-43-42(44-41)47-37-16-8-4-12-31(37)33-24-32-30-11-3-5-13-34(30)45(38(32)25-39(33)47)27-17-18-40-26(23-27)20-22-48-40/h1-25H. The maximum atomic E-state index is 5.68. The second kappa shape index (κ2) is 9.44. The minimum Gasteiger partial charge on any atom is -0.464 e. The fourth-order valence-electron chi connectivity index (χ4n) is 7.76. The van der Waals surface area contributed by atoms with Crippen molar-refractivity contribution in [3.63, 3.8) is 0 Å². The molecule has 0 unspecified atom stereocenters. The van der Waals surface area contributed by atoms with E-state index in [9.17, 15) is 0 Å². The molecule has 0 bridgehead atoms. The van der Waals surface area contributed by atoms with Crippen LogP contribution in [0.4, 0.5) is 0 Å². The van der Waals surface area contributed by atoms with E-state index < -0.39 is 0 Å². The first-order valence-corrected chi connectivity index (χ1v) is 16.1. The Kier molecular flexibility index (Phi) is 5.02. The first-order valence-electron chi connectivity index (χ1n) is 16.1. The van der Waals surface area contributed by atoms with Crippen molar-refractivity contribution in [3.05, 3.63) is 152 Å². The Labute approximate surface area is 273 Å². The highest BCUT2D eigenvalue weighted by molar-refractivity contribution is 6.19. The minimum absolute atomic E-state index is 0.627. The number of furan rings is 1. The predicted octanol–water partition coefficient (Wildman–Crippen LogP) is 10.5. The summed E-state index contributed by atoms with van der Waals surface area (Å²) in [6.45, 7) is 0. The molecular weight excluding hydrogens is 590 g/mol. The molecule has 0 N–H and O–H groups in total. The van der Waals surface area contributed by atoms with Gasteiger partial charge in [-0.25, -0.2) is 4.98 Å². The van der Waals surface area contributed by atoms with Crippen LogP contribution in [0.1, 0.15) is 0 Å². The van der Waals surface area contributed by atoms with Crippen LogP contribution in [0.25, 0.3) is 93.8 Å². The number of nitrogens with zero attached hydrogens (tertiary/aromatic N) is 5. The molecule has 0 atom stereocenters. The second-order valence-corrected chi connectivity index (χ2v) is 12.3. The Hall–Kier alpha value is -6.66.